The lowest BCUT2D eigenvalue weighted by molar-refractivity contribution is 0.354. The van der Waals surface area contributed by atoms with Crippen molar-refractivity contribution in [3.63, 3.8) is 0 Å². The number of nitrogens with zero attached hydrogens (tertiary/aromatic N) is 4. The fourth-order valence-corrected chi connectivity index (χ4v) is 4.26. The van der Waals surface area contributed by atoms with Crippen LogP contribution in [-0.2, 0) is 16.6 Å². The van der Waals surface area contributed by atoms with Gasteiger partial charge in [0.25, 0.3) is 0 Å². The molecule has 0 bridgehead atoms. The summed E-state index contributed by atoms with van der Waals surface area (Å²) < 4.78 is 35.4. The van der Waals surface area contributed by atoms with E-state index < -0.39 is 16.1 Å². The Morgan fingerprint density at radius 2 is 2.08 bits per heavy atom. The molecule has 26 heavy (non-hydrogen) atoms. The Morgan fingerprint density at radius 1 is 1.31 bits per heavy atom. The molecule has 1 N–H and O–H groups in total. The molecule has 1 atom stereocenters. The van der Waals surface area contributed by atoms with Crippen LogP contribution in [0.15, 0.2) is 35.4 Å². The van der Waals surface area contributed by atoms with Gasteiger partial charge in [-0.25, -0.2) is 13.1 Å². The highest BCUT2D eigenvalue weighted by Gasteiger charge is 2.25. The minimum absolute atomic E-state index is 0.136. The summed E-state index contributed by atoms with van der Waals surface area (Å²) in [7, 11) is -2.31. The van der Waals surface area contributed by atoms with Crippen LogP contribution in [0.1, 0.15) is 31.3 Å². The normalized spacial score (nSPS) is 13.1. The number of hydrogen-bond donors (Lipinski definition) is 1. The highest BCUT2D eigenvalue weighted by molar-refractivity contribution is 7.89. The van der Waals surface area contributed by atoms with Crippen LogP contribution in [-0.4, -0.2) is 35.3 Å². The number of para-hydroxylation sites is 1. The van der Waals surface area contributed by atoms with Gasteiger partial charge in [0.05, 0.1) is 18.7 Å². The second-order valence-corrected chi connectivity index (χ2v) is 7.66. The van der Waals surface area contributed by atoms with Crippen molar-refractivity contribution in [1.29, 1.82) is 0 Å². The van der Waals surface area contributed by atoms with Crippen LogP contribution in [0, 0.1) is 6.92 Å². The molecule has 0 aliphatic rings. The number of pyridine rings is 1. The molecule has 2 aromatic heterocycles. The molecule has 0 radical (unpaired) electrons. The van der Waals surface area contributed by atoms with Gasteiger partial charge in [-0.05, 0) is 38.5 Å². The molecule has 0 aliphatic heterocycles. The van der Waals surface area contributed by atoms with Crippen molar-refractivity contribution in [1.82, 2.24) is 24.5 Å². The van der Waals surface area contributed by atoms with Crippen LogP contribution in [0.5, 0.6) is 6.01 Å². The van der Waals surface area contributed by atoms with E-state index in [4.69, 9.17) is 4.74 Å². The highest BCUT2D eigenvalue weighted by atomic mass is 32.2. The number of sulfonamides is 1. The Balaban J connectivity index is 1.98. The van der Waals surface area contributed by atoms with Gasteiger partial charge >= 0.3 is 6.01 Å². The first-order chi connectivity index (χ1) is 12.4. The maximum atomic E-state index is 13.0. The number of benzene rings is 1. The number of methoxy groups -OCH3 is 1. The molecule has 0 saturated heterocycles. The Kier molecular flexibility index (Phi) is 4.92. The van der Waals surface area contributed by atoms with Gasteiger partial charge < -0.3 is 4.74 Å². The SMILES string of the molecule is CCn1c(OC)nnc1[C@@H](C)NS(=O)(=O)c1cccc2cc(C)cnc12. The first-order valence-electron chi connectivity index (χ1n) is 8.22. The number of nitrogens with one attached hydrogen (secondary N) is 1. The van der Waals surface area contributed by atoms with Crippen molar-refractivity contribution in [3.8, 4) is 6.01 Å². The third-order valence-electron chi connectivity index (χ3n) is 4.06. The smallest absolute Gasteiger partial charge is 0.316 e. The maximum absolute atomic E-state index is 13.0. The molecule has 0 aliphatic carbocycles. The van der Waals surface area contributed by atoms with Gasteiger partial charge in [-0.2, -0.15) is 0 Å². The molecule has 3 rings (SSSR count). The van der Waals surface area contributed by atoms with Gasteiger partial charge in [0.2, 0.25) is 10.0 Å². The average Bonchev–Trinajstić information content (AvgIpc) is 3.03. The fraction of sp³-hybridized carbons (Fsp3) is 0.353. The zero-order valence-electron chi connectivity index (χ0n) is 15.1. The van der Waals surface area contributed by atoms with Crippen LogP contribution >= 0.6 is 0 Å². The van der Waals surface area contributed by atoms with Gasteiger partial charge in [-0.15, -0.1) is 5.10 Å². The van der Waals surface area contributed by atoms with Gasteiger partial charge in [-0.1, -0.05) is 17.2 Å². The summed E-state index contributed by atoms with van der Waals surface area (Å²) in [6, 6.07) is 6.76. The number of hydrogen-bond acceptors (Lipinski definition) is 6. The molecule has 138 valence electrons. The molecule has 0 spiro atoms. The maximum Gasteiger partial charge on any atom is 0.316 e. The quantitative estimate of drug-likeness (QED) is 0.709. The van der Waals surface area contributed by atoms with Gasteiger partial charge in [-0.3, -0.25) is 9.55 Å². The molecule has 3 aromatic rings. The zero-order chi connectivity index (χ0) is 18.9. The lowest BCUT2D eigenvalue weighted by atomic mass is 10.2. The summed E-state index contributed by atoms with van der Waals surface area (Å²) in [6.07, 6.45) is 1.66. The van der Waals surface area contributed by atoms with E-state index in [1.54, 1.807) is 29.8 Å². The van der Waals surface area contributed by atoms with E-state index in [1.807, 2.05) is 26.0 Å². The Labute approximate surface area is 152 Å². The molecule has 0 unspecified atom stereocenters. The predicted octanol–water partition coefficient (Wildman–Crippen LogP) is 2.20. The summed E-state index contributed by atoms with van der Waals surface area (Å²) in [5, 5.41) is 8.76. The Morgan fingerprint density at radius 3 is 2.77 bits per heavy atom. The van der Waals surface area contributed by atoms with E-state index in [2.05, 4.69) is 19.9 Å². The molecular weight excluding hydrogens is 354 g/mol. The lowest BCUT2D eigenvalue weighted by Gasteiger charge is -2.15. The van der Waals surface area contributed by atoms with Crippen LogP contribution in [0.25, 0.3) is 10.9 Å². The number of ether oxygens (including phenoxy) is 1. The van der Waals surface area contributed by atoms with Crippen molar-refractivity contribution in [2.24, 2.45) is 0 Å². The molecule has 9 heteroatoms. The standard InChI is InChI=1S/C17H21N5O3S/c1-5-22-16(19-20-17(22)25-4)12(3)21-26(23,24)14-8-6-7-13-9-11(2)10-18-15(13)14/h6-10,12,21H,5H2,1-4H3/t12-/m1/s1. The van der Waals surface area contributed by atoms with Crippen molar-refractivity contribution < 1.29 is 13.2 Å². The van der Waals surface area contributed by atoms with Crippen molar-refractivity contribution in [2.45, 2.75) is 38.3 Å². The molecular formula is C17H21N5O3S. The zero-order valence-corrected chi connectivity index (χ0v) is 15.9. The first kappa shape index (κ1) is 18.3. The van der Waals surface area contributed by atoms with Crippen molar-refractivity contribution in [2.75, 3.05) is 7.11 Å². The Hall–Kier alpha value is -2.52. The molecule has 1 aromatic carbocycles. The number of rotatable bonds is 6. The van der Waals surface area contributed by atoms with Gasteiger partial charge in [0, 0.05) is 18.1 Å². The second-order valence-electron chi connectivity index (χ2n) is 5.97. The van der Waals surface area contributed by atoms with Gasteiger partial charge in [0.1, 0.15) is 4.90 Å². The first-order valence-corrected chi connectivity index (χ1v) is 9.70. The van der Waals surface area contributed by atoms with Gasteiger partial charge in [0.15, 0.2) is 5.82 Å². The molecule has 0 amide bonds. The summed E-state index contributed by atoms with van der Waals surface area (Å²) in [5.41, 5.74) is 1.41. The van der Waals surface area contributed by atoms with Crippen LogP contribution in [0.3, 0.4) is 0 Å². The Bertz CT molecular complexity index is 1050. The minimum Gasteiger partial charge on any atom is -0.467 e. The molecule has 2 heterocycles. The topological polar surface area (TPSA) is 99.0 Å². The van der Waals surface area contributed by atoms with Crippen LogP contribution in [0.2, 0.25) is 0 Å². The fourth-order valence-electron chi connectivity index (χ4n) is 2.88. The highest BCUT2D eigenvalue weighted by Crippen LogP contribution is 2.24. The third-order valence-corrected chi connectivity index (χ3v) is 5.64. The monoisotopic (exact) mass is 375 g/mol. The summed E-state index contributed by atoms with van der Waals surface area (Å²) in [4.78, 5) is 4.44. The predicted molar refractivity (Wildman–Crippen MR) is 97.5 cm³/mol. The molecule has 8 nitrogen and oxygen atoms in total. The summed E-state index contributed by atoms with van der Waals surface area (Å²) in [6.45, 7) is 6.11. The van der Waals surface area contributed by atoms with E-state index in [9.17, 15) is 8.42 Å². The van der Waals surface area contributed by atoms with Crippen LogP contribution < -0.4 is 9.46 Å². The van der Waals surface area contributed by atoms with Crippen LogP contribution in [0.4, 0.5) is 0 Å². The number of fused-ring (bicyclic) bond motifs is 1. The van der Waals surface area contributed by atoms with E-state index >= 15 is 0 Å². The largest absolute Gasteiger partial charge is 0.467 e. The minimum atomic E-state index is -3.80. The summed E-state index contributed by atoms with van der Waals surface area (Å²) >= 11 is 0. The van der Waals surface area contributed by atoms with Crippen molar-refractivity contribution in [3.05, 3.63) is 41.9 Å². The van der Waals surface area contributed by atoms with E-state index in [0.29, 0.717) is 23.9 Å². The third kappa shape index (κ3) is 3.27. The van der Waals surface area contributed by atoms with Crippen molar-refractivity contribution >= 4 is 20.9 Å². The van der Waals surface area contributed by atoms with E-state index in [1.165, 1.54) is 7.11 Å². The number of aryl methyl sites for hydroxylation is 1. The van der Waals surface area contributed by atoms with E-state index in [0.717, 1.165) is 10.9 Å². The van der Waals surface area contributed by atoms with E-state index in [-0.39, 0.29) is 4.90 Å². The second kappa shape index (κ2) is 7.00. The molecule has 0 fully saturated rings. The summed E-state index contributed by atoms with van der Waals surface area (Å²) in [5.74, 6) is 0.483. The molecule has 0 saturated carbocycles. The average molecular weight is 375 g/mol. The lowest BCUT2D eigenvalue weighted by Crippen LogP contribution is -2.29. The number of aromatic nitrogens is 4.